The molecule has 0 spiro atoms. The Bertz CT molecular complexity index is 3090. The molecule has 4 aromatic heterocycles. The fraction of sp³-hybridized carbons (Fsp3) is 0.0400. The zero-order valence-corrected chi connectivity index (χ0v) is 33.7. The molecule has 10 aromatic rings. The molecule has 6 heteroatoms. The number of para-hydroxylation sites is 2. The minimum Gasteiger partial charge on any atom is -0.507 e. The number of aromatic nitrogens is 3. The molecule has 0 bridgehead atoms. The van der Waals surface area contributed by atoms with Gasteiger partial charge in [0.15, 0.2) is 0 Å². The smallest absolute Gasteiger partial charge is 0.124 e. The van der Waals surface area contributed by atoms with Crippen LogP contribution in [0.3, 0.4) is 0 Å². The number of benzene rings is 6. The summed E-state index contributed by atoms with van der Waals surface area (Å²) in [6.07, 6.45) is 0. The second-order valence-corrected chi connectivity index (χ2v) is 15.1. The maximum Gasteiger partial charge on any atom is 0.124 e. The third kappa shape index (κ3) is 6.23. The van der Waals surface area contributed by atoms with Gasteiger partial charge in [0.05, 0.1) is 11.4 Å². The Balaban J connectivity index is 0.00000410. The van der Waals surface area contributed by atoms with E-state index in [2.05, 4.69) is 128 Å². The van der Waals surface area contributed by atoms with E-state index in [9.17, 15) is 5.11 Å². The Labute approximate surface area is 343 Å². The van der Waals surface area contributed by atoms with Crippen LogP contribution in [0.5, 0.6) is 5.75 Å². The van der Waals surface area contributed by atoms with Gasteiger partial charge in [-0.15, -0.1) is 35.6 Å². The summed E-state index contributed by atoms with van der Waals surface area (Å²) in [7, 11) is 2.16. The van der Waals surface area contributed by atoms with Crippen molar-refractivity contribution in [1.29, 1.82) is 0 Å². The number of phenols is 1. The van der Waals surface area contributed by atoms with Gasteiger partial charge in [-0.3, -0.25) is 9.97 Å². The maximum atomic E-state index is 10.8. The van der Waals surface area contributed by atoms with E-state index in [4.69, 9.17) is 9.97 Å². The molecule has 0 saturated carbocycles. The summed E-state index contributed by atoms with van der Waals surface area (Å²) in [5.74, 6) is 0.192. The summed E-state index contributed by atoms with van der Waals surface area (Å²) in [6, 6.07) is 60.2. The molecule has 0 aliphatic carbocycles. The molecule has 0 saturated heterocycles. The first-order valence-corrected chi connectivity index (χ1v) is 19.2. The van der Waals surface area contributed by atoms with Crippen LogP contribution in [0.25, 0.3) is 98.4 Å². The van der Waals surface area contributed by atoms with Gasteiger partial charge in [0, 0.05) is 87.4 Å². The van der Waals surface area contributed by atoms with E-state index in [1.165, 1.54) is 42.2 Å². The fourth-order valence-electron chi connectivity index (χ4n) is 7.91. The molecule has 1 N–H and O–H groups in total. The first kappa shape index (κ1) is 35.6. The van der Waals surface area contributed by atoms with E-state index >= 15 is 0 Å². The van der Waals surface area contributed by atoms with Gasteiger partial charge in [0.25, 0.3) is 0 Å². The molecule has 0 aliphatic rings. The van der Waals surface area contributed by atoms with Crippen molar-refractivity contribution in [2.24, 2.45) is 7.05 Å². The second kappa shape index (κ2) is 14.5. The summed E-state index contributed by atoms with van der Waals surface area (Å²) in [6.45, 7) is 2.06. The molecule has 0 atom stereocenters. The van der Waals surface area contributed by atoms with Crippen LogP contribution in [0.15, 0.2) is 164 Å². The molecule has 0 radical (unpaired) electrons. The van der Waals surface area contributed by atoms with Crippen LogP contribution in [-0.2, 0) is 28.1 Å². The first-order chi connectivity index (χ1) is 27.0. The van der Waals surface area contributed by atoms with Crippen molar-refractivity contribution in [3.05, 3.63) is 176 Å². The van der Waals surface area contributed by atoms with E-state index in [1.807, 2.05) is 65.9 Å². The predicted molar refractivity (Wildman–Crippen MR) is 229 cm³/mol. The van der Waals surface area contributed by atoms with E-state index in [0.717, 1.165) is 50.6 Å². The molecule has 4 heterocycles. The third-order valence-corrected chi connectivity index (χ3v) is 11.6. The molecule has 0 unspecified atom stereocenters. The zero-order chi connectivity index (χ0) is 37.0. The number of pyridine rings is 2. The Hall–Kier alpha value is -6.13. The number of hydrogen-bond acceptors (Lipinski definition) is 4. The van der Waals surface area contributed by atoms with Crippen LogP contribution < -0.4 is 0 Å². The van der Waals surface area contributed by atoms with Crippen molar-refractivity contribution in [3.8, 4) is 73.0 Å². The van der Waals surface area contributed by atoms with Crippen molar-refractivity contribution in [3.63, 3.8) is 0 Å². The van der Waals surface area contributed by atoms with Crippen molar-refractivity contribution in [2.45, 2.75) is 6.92 Å². The number of phenolic OH excluding ortho intramolecular Hbond substituents is 1. The minimum atomic E-state index is 0. The topological polar surface area (TPSA) is 50.9 Å². The number of nitrogens with zero attached hydrogens (tertiary/aromatic N) is 3. The SMILES string of the molecule is Cc1cc(-c2c(-c3ccc4c(c3)sc3ccccc34)c3ccccc3n2C)cc(-c2[c-]c(-c3cc(-c4ccccc4)cc(-c4ccccc4O)n3)ccc2)n1.[Pt]. The number of rotatable bonds is 6. The summed E-state index contributed by atoms with van der Waals surface area (Å²) in [5.41, 5.74) is 13.5. The van der Waals surface area contributed by atoms with E-state index in [1.54, 1.807) is 6.07 Å². The Morgan fingerprint density at radius 3 is 2.02 bits per heavy atom. The van der Waals surface area contributed by atoms with Gasteiger partial charge in [-0.1, -0.05) is 114 Å². The molecule has 6 aromatic carbocycles. The standard InChI is InChI=1S/C50H34N3OS.Pt/c1-31-25-37(50-49(41-19-6-9-20-45(41)53(50)2)35-23-24-39-38-17-8-11-22-47(38)55-48(39)30-35)29-42(51-31)33-15-12-16-34(26-33)43-27-36(32-13-4-3-5-14-32)28-44(52-43)40-18-7-10-21-46(40)54;/h3-25,27-30,54H,1-2H3;/q-1;. The number of aryl methyl sites for hydroxylation is 2. The van der Waals surface area contributed by atoms with Gasteiger partial charge in [-0.2, -0.15) is 0 Å². The van der Waals surface area contributed by atoms with Gasteiger partial charge in [-0.05, 0) is 71.6 Å². The summed E-state index contributed by atoms with van der Waals surface area (Å²) < 4.78 is 4.90. The van der Waals surface area contributed by atoms with Crippen LogP contribution in [-0.4, -0.2) is 19.6 Å². The molecular weight excluding hydrogens is 886 g/mol. The Kier molecular flexibility index (Phi) is 9.21. The molecule has 272 valence electrons. The average molecular weight is 920 g/mol. The van der Waals surface area contributed by atoms with Gasteiger partial charge in [0.2, 0.25) is 0 Å². The molecular formula is C50H34N3OPtS-. The molecule has 56 heavy (non-hydrogen) atoms. The Morgan fingerprint density at radius 1 is 0.536 bits per heavy atom. The number of hydrogen-bond donors (Lipinski definition) is 1. The molecule has 0 aliphatic heterocycles. The summed E-state index contributed by atoms with van der Waals surface area (Å²) in [4.78, 5) is 10.1. The number of fused-ring (bicyclic) bond motifs is 4. The van der Waals surface area contributed by atoms with Crippen molar-refractivity contribution < 1.29 is 26.2 Å². The maximum absolute atomic E-state index is 10.8. The quantitative estimate of drug-likeness (QED) is 0.169. The Morgan fingerprint density at radius 2 is 1.20 bits per heavy atom. The first-order valence-electron chi connectivity index (χ1n) is 18.4. The van der Waals surface area contributed by atoms with Crippen LogP contribution in [0, 0.1) is 13.0 Å². The van der Waals surface area contributed by atoms with Crippen LogP contribution in [0.1, 0.15) is 5.69 Å². The third-order valence-electron chi connectivity index (χ3n) is 10.5. The van der Waals surface area contributed by atoms with Crippen molar-refractivity contribution >= 4 is 42.4 Å². The predicted octanol–water partition coefficient (Wildman–Crippen LogP) is 13.1. The van der Waals surface area contributed by atoms with Crippen LogP contribution in [0.4, 0.5) is 0 Å². The monoisotopic (exact) mass is 919 g/mol. The molecule has 4 nitrogen and oxygen atoms in total. The largest absolute Gasteiger partial charge is 0.507 e. The van der Waals surface area contributed by atoms with Crippen molar-refractivity contribution in [1.82, 2.24) is 14.5 Å². The zero-order valence-electron chi connectivity index (χ0n) is 30.6. The fourth-order valence-corrected chi connectivity index (χ4v) is 9.06. The molecule has 0 amide bonds. The van der Waals surface area contributed by atoms with Crippen molar-refractivity contribution in [2.75, 3.05) is 0 Å². The van der Waals surface area contributed by atoms with Crippen LogP contribution in [0.2, 0.25) is 0 Å². The average Bonchev–Trinajstić information content (AvgIpc) is 3.75. The normalized spacial score (nSPS) is 11.3. The van der Waals surface area contributed by atoms with E-state index < -0.39 is 0 Å². The van der Waals surface area contributed by atoms with Gasteiger partial charge in [-0.25, -0.2) is 0 Å². The van der Waals surface area contributed by atoms with E-state index in [-0.39, 0.29) is 26.8 Å². The number of thiophene rings is 1. The van der Waals surface area contributed by atoms with Gasteiger partial charge in [0.1, 0.15) is 5.75 Å². The molecule has 10 rings (SSSR count). The van der Waals surface area contributed by atoms with Gasteiger partial charge >= 0.3 is 0 Å². The summed E-state index contributed by atoms with van der Waals surface area (Å²) in [5, 5.41) is 14.6. The number of aromatic hydroxyl groups is 1. The second-order valence-electron chi connectivity index (χ2n) is 14.0. The van der Waals surface area contributed by atoms with Gasteiger partial charge < -0.3 is 9.67 Å². The minimum absolute atomic E-state index is 0. The molecule has 0 fully saturated rings. The van der Waals surface area contributed by atoms with Crippen LogP contribution >= 0.6 is 11.3 Å². The van der Waals surface area contributed by atoms with E-state index in [0.29, 0.717) is 11.3 Å². The summed E-state index contributed by atoms with van der Waals surface area (Å²) >= 11 is 1.85.